The fourth-order valence-electron chi connectivity index (χ4n) is 1.86. The highest BCUT2D eigenvalue weighted by Gasteiger charge is 2.17. The van der Waals surface area contributed by atoms with Gasteiger partial charge in [-0.3, -0.25) is 0 Å². The summed E-state index contributed by atoms with van der Waals surface area (Å²) >= 11 is 0. The van der Waals surface area contributed by atoms with Crippen molar-refractivity contribution in [1.82, 2.24) is 5.32 Å². The minimum Gasteiger partial charge on any atom is -0.488 e. The predicted octanol–water partition coefficient (Wildman–Crippen LogP) is 1.88. The Labute approximate surface area is 97.4 Å². The third kappa shape index (κ3) is 2.47. The van der Waals surface area contributed by atoms with Gasteiger partial charge in [-0.25, -0.2) is 0 Å². The first kappa shape index (κ1) is 11.3. The summed E-state index contributed by atoms with van der Waals surface area (Å²) in [6, 6.07) is 8.39. The van der Waals surface area contributed by atoms with Gasteiger partial charge in [-0.1, -0.05) is 0 Å². The zero-order valence-corrected chi connectivity index (χ0v) is 10.1. The SMILES string of the molecule is CCN(CC)c1ccc(OC2CNC2)cc1. The van der Waals surface area contributed by atoms with Crippen LogP contribution in [0.1, 0.15) is 13.8 Å². The van der Waals surface area contributed by atoms with Gasteiger partial charge in [-0.15, -0.1) is 0 Å². The molecule has 1 aliphatic heterocycles. The van der Waals surface area contributed by atoms with Crippen LogP contribution in [0.3, 0.4) is 0 Å². The van der Waals surface area contributed by atoms with Crippen molar-refractivity contribution >= 4 is 5.69 Å². The molecule has 1 aromatic rings. The van der Waals surface area contributed by atoms with Gasteiger partial charge < -0.3 is 15.0 Å². The maximum absolute atomic E-state index is 5.77. The summed E-state index contributed by atoms with van der Waals surface area (Å²) in [5.41, 5.74) is 1.27. The topological polar surface area (TPSA) is 24.5 Å². The molecule has 0 radical (unpaired) electrons. The molecule has 1 heterocycles. The predicted molar refractivity (Wildman–Crippen MR) is 67.3 cm³/mol. The van der Waals surface area contributed by atoms with Gasteiger partial charge in [0.15, 0.2) is 0 Å². The van der Waals surface area contributed by atoms with Crippen molar-refractivity contribution in [2.45, 2.75) is 20.0 Å². The second-order valence-electron chi connectivity index (χ2n) is 4.06. The Kier molecular flexibility index (Phi) is 3.67. The van der Waals surface area contributed by atoms with Crippen LogP contribution in [0.15, 0.2) is 24.3 Å². The number of anilines is 1. The summed E-state index contributed by atoms with van der Waals surface area (Å²) < 4.78 is 5.77. The number of rotatable bonds is 5. The number of ether oxygens (including phenoxy) is 1. The molecule has 1 aromatic carbocycles. The van der Waals surface area contributed by atoms with Gasteiger partial charge in [0.2, 0.25) is 0 Å². The Morgan fingerprint density at radius 3 is 2.25 bits per heavy atom. The lowest BCUT2D eigenvalue weighted by Gasteiger charge is -2.28. The van der Waals surface area contributed by atoms with E-state index in [9.17, 15) is 0 Å². The molecule has 0 aromatic heterocycles. The van der Waals surface area contributed by atoms with Crippen LogP contribution in [-0.4, -0.2) is 32.3 Å². The summed E-state index contributed by atoms with van der Waals surface area (Å²) in [5, 5.41) is 3.20. The lowest BCUT2D eigenvalue weighted by atomic mass is 10.2. The zero-order chi connectivity index (χ0) is 11.4. The first-order valence-electron chi connectivity index (χ1n) is 6.06. The van der Waals surface area contributed by atoms with Gasteiger partial charge in [-0.2, -0.15) is 0 Å². The number of nitrogens with zero attached hydrogens (tertiary/aromatic N) is 1. The highest BCUT2D eigenvalue weighted by Crippen LogP contribution is 2.20. The third-order valence-corrected chi connectivity index (χ3v) is 3.01. The summed E-state index contributed by atoms with van der Waals surface area (Å²) in [5.74, 6) is 0.974. The monoisotopic (exact) mass is 220 g/mol. The average Bonchev–Trinajstić information content (AvgIpc) is 2.27. The van der Waals surface area contributed by atoms with E-state index < -0.39 is 0 Å². The van der Waals surface area contributed by atoms with Crippen LogP contribution in [0, 0.1) is 0 Å². The van der Waals surface area contributed by atoms with Gasteiger partial charge in [0, 0.05) is 31.9 Å². The molecule has 2 rings (SSSR count). The molecule has 3 heteroatoms. The highest BCUT2D eigenvalue weighted by atomic mass is 16.5. The summed E-state index contributed by atoms with van der Waals surface area (Å²) in [6.45, 7) is 8.38. The third-order valence-electron chi connectivity index (χ3n) is 3.01. The minimum atomic E-state index is 0.360. The van der Waals surface area contributed by atoms with E-state index in [1.807, 2.05) is 0 Å². The highest BCUT2D eigenvalue weighted by molar-refractivity contribution is 5.48. The number of benzene rings is 1. The van der Waals surface area contributed by atoms with Crippen molar-refractivity contribution in [3.8, 4) is 5.75 Å². The molecule has 0 atom stereocenters. The Morgan fingerprint density at radius 2 is 1.81 bits per heavy atom. The number of hydrogen-bond acceptors (Lipinski definition) is 3. The van der Waals surface area contributed by atoms with E-state index in [1.165, 1.54) is 5.69 Å². The Bertz CT molecular complexity index is 315. The number of hydrogen-bond donors (Lipinski definition) is 1. The van der Waals surface area contributed by atoms with E-state index in [-0.39, 0.29) is 0 Å². The molecule has 0 saturated carbocycles. The standard InChI is InChI=1S/C13H20N2O/c1-3-15(4-2)11-5-7-12(8-6-11)16-13-9-14-10-13/h5-8,13-14H,3-4,9-10H2,1-2H3. The molecule has 1 aliphatic rings. The molecule has 1 saturated heterocycles. The molecular weight excluding hydrogens is 200 g/mol. The normalized spacial score (nSPS) is 15.6. The summed E-state index contributed by atoms with van der Waals surface area (Å²) in [6.07, 6.45) is 0.360. The van der Waals surface area contributed by atoms with Gasteiger partial charge in [0.1, 0.15) is 11.9 Å². The van der Waals surface area contributed by atoms with E-state index in [1.54, 1.807) is 0 Å². The molecule has 1 N–H and O–H groups in total. The molecule has 0 spiro atoms. The average molecular weight is 220 g/mol. The van der Waals surface area contributed by atoms with Gasteiger partial charge in [-0.05, 0) is 38.1 Å². The molecule has 0 bridgehead atoms. The minimum absolute atomic E-state index is 0.360. The van der Waals surface area contributed by atoms with Crippen LogP contribution in [0.4, 0.5) is 5.69 Å². The van der Waals surface area contributed by atoms with Crippen molar-refractivity contribution in [2.24, 2.45) is 0 Å². The van der Waals surface area contributed by atoms with Crippen LogP contribution in [0.2, 0.25) is 0 Å². The van der Waals surface area contributed by atoms with Crippen molar-refractivity contribution in [1.29, 1.82) is 0 Å². The fourth-order valence-corrected chi connectivity index (χ4v) is 1.86. The van der Waals surface area contributed by atoms with E-state index in [2.05, 4.69) is 48.3 Å². The van der Waals surface area contributed by atoms with E-state index in [0.29, 0.717) is 6.10 Å². The van der Waals surface area contributed by atoms with E-state index >= 15 is 0 Å². The lowest BCUT2D eigenvalue weighted by Crippen LogP contribution is -2.50. The Morgan fingerprint density at radius 1 is 1.19 bits per heavy atom. The van der Waals surface area contributed by atoms with Crippen LogP contribution in [0.5, 0.6) is 5.75 Å². The van der Waals surface area contributed by atoms with Gasteiger partial charge >= 0.3 is 0 Å². The fraction of sp³-hybridized carbons (Fsp3) is 0.538. The lowest BCUT2D eigenvalue weighted by molar-refractivity contribution is 0.142. The second-order valence-corrected chi connectivity index (χ2v) is 4.06. The van der Waals surface area contributed by atoms with E-state index in [4.69, 9.17) is 4.74 Å². The van der Waals surface area contributed by atoms with Gasteiger partial charge in [0.25, 0.3) is 0 Å². The molecule has 88 valence electrons. The van der Waals surface area contributed by atoms with Crippen LogP contribution >= 0.6 is 0 Å². The maximum Gasteiger partial charge on any atom is 0.123 e. The maximum atomic E-state index is 5.77. The summed E-state index contributed by atoms with van der Waals surface area (Å²) in [7, 11) is 0. The second kappa shape index (κ2) is 5.21. The summed E-state index contributed by atoms with van der Waals surface area (Å²) in [4.78, 5) is 2.33. The Hall–Kier alpha value is -1.22. The first-order valence-corrected chi connectivity index (χ1v) is 6.06. The van der Waals surface area contributed by atoms with Gasteiger partial charge in [0.05, 0.1) is 0 Å². The van der Waals surface area contributed by atoms with Crippen LogP contribution < -0.4 is 15.0 Å². The first-order chi connectivity index (χ1) is 7.83. The molecule has 16 heavy (non-hydrogen) atoms. The largest absolute Gasteiger partial charge is 0.488 e. The van der Waals surface area contributed by atoms with Crippen LogP contribution in [-0.2, 0) is 0 Å². The zero-order valence-electron chi connectivity index (χ0n) is 10.1. The van der Waals surface area contributed by atoms with Crippen LogP contribution in [0.25, 0.3) is 0 Å². The molecule has 0 amide bonds. The van der Waals surface area contributed by atoms with E-state index in [0.717, 1.165) is 31.9 Å². The molecule has 1 fully saturated rings. The number of nitrogens with one attached hydrogen (secondary N) is 1. The molecule has 0 aliphatic carbocycles. The molecular formula is C13H20N2O. The van der Waals surface area contributed by atoms with Crippen molar-refractivity contribution in [3.63, 3.8) is 0 Å². The Balaban J connectivity index is 1.97. The molecule has 0 unspecified atom stereocenters. The van der Waals surface area contributed by atoms with Crippen molar-refractivity contribution in [2.75, 3.05) is 31.1 Å². The van der Waals surface area contributed by atoms with Crippen molar-refractivity contribution < 1.29 is 4.74 Å². The quantitative estimate of drug-likeness (QED) is 0.820. The molecule has 3 nitrogen and oxygen atoms in total. The smallest absolute Gasteiger partial charge is 0.123 e. The van der Waals surface area contributed by atoms with Crippen molar-refractivity contribution in [3.05, 3.63) is 24.3 Å².